The van der Waals surface area contributed by atoms with Gasteiger partial charge in [-0.25, -0.2) is 0 Å². The van der Waals surface area contributed by atoms with Gasteiger partial charge in [-0.3, -0.25) is 9.58 Å². The third kappa shape index (κ3) is 2.13. The molecule has 0 radical (unpaired) electrons. The Bertz CT molecular complexity index is 373. The fourth-order valence-electron chi connectivity index (χ4n) is 2.45. The summed E-state index contributed by atoms with van der Waals surface area (Å²) in [6, 6.07) is 0. The highest BCUT2D eigenvalue weighted by Crippen LogP contribution is 2.18. The zero-order chi connectivity index (χ0) is 11.7. The molecule has 0 saturated carbocycles. The molecule has 1 aromatic rings. The topological polar surface area (TPSA) is 41.3 Å². The van der Waals surface area contributed by atoms with Gasteiger partial charge in [0.2, 0.25) is 0 Å². The van der Waals surface area contributed by atoms with E-state index in [0.29, 0.717) is 0 Å². The largest absolute Gasteiger partial charge is 0.392 e. The molecule has 0 amide bonds. The van der Waals surface area contributed by atoms with Crippen LogP contribution in [0, 0.1) is 13.8 Å². The Morgan fingerprint density at radius 1 is 1.44 bits per heavy atom. The summed E-state index contributed by atoms with van der Waals surface area (Å²) in [4.78, 5) is 2.31. The van der Waals surface area contributed by atoms with Crippen molar-refractivity contribution in [2.24, 2.45) is 0 Å². The van der Waals surface area contributed by atoms with Gasteiger partial charge in [0.1, 0.15) is 0 Å². The highest BCUT2D eigenvalue weighted by atomic mass is 16.3. The Morgan fingerprint density at radius 2 is 2.19 bits per heavy atom. The van der Waals surface area contributed by atoms with Gasteiger partial charge in [-0.05, 0) is 27.2 Å². The second-order valence-corrected chi connectivity index (χ2v) is 4.64. The molecule has 1 saturated heterocycles. The van der Waals surface area contributed by atoms with Crippen molar-refractivity contribution < 1.29 is 5.11 Å². The van der Waals surface area contributed by atoms with Crippen molar-refractivity contribution in [1.29, 1.82) is 0 Å². The fourth-order valence-corrected chi connectivity index (χ4v) is 2.45. The summed E-state index contributed by atoms with van der Waals surface area (Å²) in [7, 11) is 0. The van der Waals surface area contributed by atoms with Crippen molar-refractivity contribution in [3.05, 3.63) is 17.0 Å². The van der Waals surface area contributed by atoms with Crippen LogP contribution in [0.15, 0.2) is 0 Å². The van der Waals surface area contributed by atoms with E-state index < -0.39 is 0 Å². The number of aliphatic hydroxyl groups is 1. The summed E-state index contributed by atoms with van der Waals surface area (Å²) >= 11 is 0. The molecule has 4 heteroatoms. The summed E-state index contributed by atoms with van der Waals surface area (Å²) in [5.74, 6) is 0. The number of rotatable bonds is 3. The van der Waals surface area contributed by atoms with Gasteiger partial charge in [-0.1, -0.05) is 0 Å². The highest BCUT2D eigenvalue weighted by Gasteiger charge is 2.22. The number of hydrogen-bond acceptors (Lipinski definition) is 3. The van der Waals surface area contributed by atoms with Crippen molar-refractivity contribution in [2.75, 3.05) is 13.1 Å². The number of hydrogen-bond donors (Lipinski definition) is 1. The van der Waals surface area contributed by atoms with Crippen LogP contribution in [0.1, 0.15) is 30.3 Å². The quantitative estimate of drug-likeness (QED) is 0.834. The van der Waals surface area contributed by atoms with E-state index in [-0.39, 0.29) is 6.10 Å². The highest BCUT2D eigenvalue weighted by molar-refractivity contribution is 5.24. The van der Waals surface area contributed by atoms with Gasteiger partial charge in [0.05, 0.1) is 11.8 Å². The molecule has 1 N–H and O–H groups in total. The molecule has 0 unspecified atom stereocenters. The molecule has 90 valence electrons. The molecule has 1 atom stereocenters. The first kappa shape index (κ1) is 11.6. The van der Waals surface area contributed by atoms with Crippen LogP contribution < -0.4 is 0 Å². The van der Waals surface area contributed by atoms with Gasteiger partial charge < -0.3 is 5.11 Å². The lowest BCUT2D eigenvalue weighted by Gasteiger charge is -2.15. The van der Waals surface area contributed by atoms with Crippen LogP contribution in [0.3, 0.4) is 0 Å². The second kappa shape index (κ2) is 4.55. The molecule has 1 aliphatic rings. The van der Waals surface area contributed by atoms with Crippen molar-refractivity contribution in [3.63, 3.8) is 0 Å². The molecule has 1 aliphatic heterocycles. The first-order chi connectivity index (χ1) is 7.61. The van der Waals surface area contributed by atoms with E-state index in [2.05, 4.69) is 35.5 Å². The SMILES string of the molecule is CCn1nc(C)c(CN2CC[C@@H](O)C2)c1C. The van der Waals surface area contributed by atoms with Crippen molar-refractivity contribution in [2.45, 2.75) is 46.4 Å². The summed E-state index contributed by atoms with van der Waals surface area (Å²) in [5, 5.41) is 14.0. The van der Waals surface area contributed by atoms with E-state index >= 15 is 0 Å². The van der Waals surface area contributed by atoms with Gasteiger partial charge in [0.25, 0.3) is 0 Å². The molecule has 1 aromatic heterocycles. The Hall–Kier alpha value is -0.870. The number of likely N-dealkylation sites (tertiary alicyclic amines) is 1. The predicted molar refractivity (Wildman–Crippen MR) is 63.3 cm³/mol. The molecule has 0 aliphatic carbocycles. The van der Waals surface area contributed by atoms with Crippen molar-refractivity contribution in [1.82, 2.24) is 14.7 Å². The molecule has 0 spiro atoms. The maximum Gasteiger partial charge on any atom is 0.0679 e. The lowest BCUT2D eigenvalue weighted by Crippen LogP contribution is -2.22. The van der Waals surface area contributed by atoms with Gasteiger partial charge in [-0.15, -0.1) is 0 Å². The van der Waals surface area contributed by atoms with Crippen LogP contribution in [0.2, 0.25) is 0 Å². The standard InChI is InChI=1S/C12H21N3O/c1-4-15-10(3)12(9(2)13-15)8-14-6-5-11(16)7-14/h11,16H,4-8H2,1-3H3/t11-/m1/s1. The van der Waals surface area contributed by atoms with Crippen LogP contribution in [0.5, 0.6) is 0 Å². The van der Waals surface area contributed by atoms with Crippen molar-refractivity contribution in [3.8, 4) is 0 Å². The monoisotopic (exact) mass is 223 g/mol. The Balaban J connectivity index is 2.12. The minimum absolute atomic E-state index is 0.137. The maximum atomic E-state index is 9.51. The first-order valence-corrected chi connectivity index (χ1v) is 6.05. The average molecular weight is 223 g/mol. The first-order valence-electron chi connectivity index (χ1n) is 6.05. The number of nitrogens with zero attached hydrogens (tertiary/aromatic N) is 3. The summed E-state index contributed by atoms with van der Waals surface area (Å²) in [6.07, 6.45) is 0.766. The van der Waals surface area contributed by atoms with Gasteiger partial charge in [0.15, 0.2) is 0 Å². The zero-order valence-corrected chi connectivity index (χ0v) is 10.4. The van der Waals surface area contributed by atoms with Crippen molar-refractivity contribution >= 4 is 0 Å². The van der Waals surface area contributed by atoms with Gasteiger partial charge >= 0.3 is 0 Å². The van der Waals surface area contributed by atoms with Gasteiger partial charge in [-0.2, -0.15) is 5.10 Å². The molecular weight excluding hydrogens is 202 g/mol. The van der Waals surface area contributed by atoms with E-state index in [1.165, 1.54) is 11.3 Å². The summed E-state index contributed by atoms with van der Waals surface area (Å²) in [6.45, 7) is 9.96. The third-order valence-electron chi connectivity index (χ3n) is 3.46. The molecule has 1 fully saturated rings. The minimum atomic E-state index is -0.137. The summed E-state index contributed by atoms with van der Waals surface area (Å²) < 4.78 is 2.05. The maximum absolute atomic E-state index is 9.51. The number of β-amino-alcohol motifs (C(OH)–C–C–N with tert-alkyl or cyclic N) is 1. The van der Waals surface area contributed by atoms with Crippen LogP contribution in [0.25, 0.3) is 0 Å². The lowest BCUT2D eigenvalue weighted by atomic mass is 10.2. The van der Waals surface area contributed by atoms with E-state index in [0.717, 1.165) is 38.3 Å². The van der Waals surface area contributed by atoms with E-state index in [4.69, 9.17) is 0 Å². The average Bonchev–Trinajstić information content (AvgIpc) is 2.77. The molecular formula is C12H21N3O. The summed E-state index contributed by atoms with van der Waals surface area (Å²) in [5.41, 5.74) is 3.72. The number of aryl methyl sites for hydroxylation is 2. The Kier molecular flexibility index (Phi) is 3.30. The van der Waals surface area contributed by atoms with E-state index in [1.807, 2.05) is 0 Å². The molecule has 2 heterocycles. The van der Waals surface area contributed by atoms with E-state index in [1.54, 1.807) is 0 Å². The zero-order valence-electron chi connectivity index (χ0n) is 10.4. The van der Waals surface area contributed by atoms with Crippen LogP contribution in [-0.4, -0.2) is 39.0 Å². The molecule has 4 nitrogen and oxygen atoms in total. The number of aliphatic hydroxyl groups excluding tert-OH is 1. The van der Waals surface area contributed by atoms with Crippen LogP contribution >= 0.6 is 0 Å². The normalized spacial score (nSPS) is 21.9. The minimum Gasteiger partial charge on any atom is -0.392 e. The fraction of sp³-hybridized carbons (Fsp3) is 0.750. The molecule has 16 heavy (non-hydrogen) atoms. The smallest absolute Gasteiger partial charge is 0.0679 e. The number of aromatic nitrogens is 2. The van der Waals surface area contributed by atoms with Crippen LogP contribution in [0.4, 0.5) is 0 Å². The second-order valence-electron chi connectivity index (χ2n) is 4.64. The Labute approximate surface area is 96.9 Å². The van der Waals surface area contributed by atoms with Crippen LogP contribution in [-0.2, 0) is 13.1 Å². The predicted octanol–water partition coefficient (Wildman–Crippen LogP) is 1.09. The molecule has 0 aromatic carbocycles. The Morgan fingerprint density at radius 3 is 2.69 bits per heavy atom. The van der Waals surface area contributed by atoms with Gasteiger partial charge in [0, 0.05) is 37.4 Å². The molecule has 0 bridgehead atoms. The van der Waals surface area contributed by atoms with E-state index in [9.17, 15) is 5.11 Å². The third-order valence-corrected chi connectivity index (χ3v) is 3.46. The lowest BCUT2D eigenvalue weighted by molar-refractivity contribution is 0.174. The molecule has 2 rings (SSSR count).